The summed E-state index contributed by atoms with van der Waals surface area (Å²) < 4.78 is 37.6. The normalized spacial score (nSPS) is 15.7. The highest BCUT2D eigenvalue weighted by Gasteiger charge is 2.26. The van der Waals surface area contributed by atoms with E-state index in [-0.39, 0.29) is 23.3 Å². The quantitative estimate of drug-likeness (QED) is 0.494. The van der Waals surface area contributed by atoms with Gasteiger partial charge < -0.3 is 14.4 Å². The molecule has 0 spiro atoms. The van der Waals surface area contributed by atoms with Gasteiger partial charge in [-0.1, -0.05) is 0 Å². The van der Waals surface area contributed by atoms with E-state index in [0.717, 1.165) is 6.07 Å². The van der Waals surface area contributed by atoms with E-state index >= 15 is 0 Å². The summed E-state index contributed by atoms with van der Waals surface area (Å²) in [5.74, 6) is -0.0122. The molecule has 0 unspecified atom stereocenters. The highest BCUT2D eigenvalue weighted by Crippen LogP contribution is 2.29. The van der Waals surface area contributed by atoms with Gasteiger partial charge in [0.2, 0.25) is 10.0 Å². The topological polar surface area (TPSA) is 131 Å². The summed E-state index contributed by atoms with van der Waals surface area (Å²) in [4.78, 5) is 25.9. The number of amides is 1. The maximum absolute atomic E-state index is 12.5. The van der Waals surface area contributed by atoms with Gasteiger partial charge in [-0.25, -0.2) is 17.9 Å². The number of ether oxygens (including phenoxy) is 2. The van der Waals surface area contributed by atoms with Crippen LogP contribution in [-0.4, -0.2) is 81.2 Å². The zero-order chi connectivity index (χ0) is 22.5. The van der Waals surface area contributed by atoms with Crippen LogP contribution in [0.4, 0.5) is 10.5 Å². The van der Waals surface area contributed by atoms with Crippen molar-refractivity contribution in [1.82, 2.24) is 14.5 Å². The molecule has 0 aliphatic carbocycles. The molecule has 1 heterocycles. The first-order valence-electron chi connectivity index (χ1n) is 9.45. The number of nitrogens with one attached hydrogen (secondary N) is 1. The van der Waals surface area contributed by atoms with Gasteiger partial charge in [0, 0.05) is 45.3 Å². The van der Waals surface area contributed by atoms with Crippen molar-refractivity contribution >= 4 is 21.8 Å². The SMILES string of the molecule is COc1ccc(S(=O)(=O)NCCN2CCN(C(=O)OC(C)(C)C)CC2)cc1[N+](=O)[O-]. The Labute approximate surface area is 176 Å². The Morgan fingerprint density at radius 1 is 1.23 bits per heavy atom. The molecule has 0 aromatic heterocycles. The second-order valence-corrected chi connectivity index (χ2v) is 9.56. The van der Waals surface area contributed by atoms with Gasteiger partial charge in [-0.05, 0) is 32.9 Å². The molecule has 1 aliphatic heterocycles. The average Bonchev–Trinajstić information content (AvgIpc) is 2.66. The van der Waals surface area contributed by atoms with E-state index in [0.29, 0.717) is 32.7 Å². The van der Waals surface area contributed by atoms with Crippen molar-refractivity contribution in [1.29, 1.82) is 0 Å². The zero-order valence-electron chi connectivity index (χ0n) is 17.6. The molecular weight excluding hydrogens is 416 g/mol. The Morgan fingerprint density at radius 3 is 2.40 bits per heavy atom. The van der Waals surface area contributed by atoms with E-state index in [4.69, 9.17) is 9.47 Å². The minimum atomic E-state index is -3.91. The second kappa shape index (κ2) is 9.58. The van der Waals surface area contributed by atoms with Crippen LogP contribution in [0, 0.1) is 10.1 Å². The lowest BCUT2D eigenvalue weighted by Gasteiger charge is -2.35. The zero-order valence-corrected chi connectivity index (χ0v) is 18.4. The van der Waals surface area contributed by atoms with Gasteiger partial charge in [-0.2, -0.15) is 0 Å². The fraction of sp³-hybridized carbons (Fsp3) is 0.611. The van der Waals surface area contributed by atoms with E-state index in [2.05, 4.69) is 4.72 Å². The molecule has 0 bridgehead atoms. The molecule has 1 aromatic carbocycles. The van der Waals surface area contributed by atoms with Crippen LogP contribution in [0.2, 0.25) is 0 Å². The van der Waals surface area contributed by atoms with Gasteiger partial charge >= 0.3 is 11.8 Å². The molecule has 1 N–H and O–H groups in total. The van der Waals surface area contributed by atoms with Crippen LogP contribution in [-0.2, 0) is 14.8 Å². The van der Waals surface area contributed by atoms with E-state index in [1.807, 2.05) is 25.7 Å². The van der Waals surface area contributed by atoms with Crippen molar-refractivity contribution in [2.24, 2.45) is 0 Å². The third-order valence-corrected chi connectivity index (χ3v) is 5.86. The number of carbonyl (C=O) groups excluding carboxylic acids is 1. The standard InChI is InChI=1S/C18H28N4O7S/c1-18(2,3)29-17(23)21-11-9-20(10-12-21)8-7-19-30(26,27)14-5-6-16(28-4)15(13-14)22(24)25/h5-6,13,19H,7-12H2,1-4H3. The fourth-order valence-corrected chi connectivity index (χ4v) is 3.92. The number of benzene rings is 1. The van der Waals surface area contributed by atoms with Crippen molar-refractivity contribution in [2.45, 2.75) is 31.3 Å². The average molecular weight is 445 g/mol. The van der Waals surface area contributed by atoms with Gasteiger partial charge in [0.1, 0.15) is 5.60 Å². The first-order valence-corrected chi connectivity index (χ1v) is 10.9. The summed E-state index contributed by atoms with van der Waals surface area (Å²) in [7, 11) is -2.63. The van der Waals surface area contributed by atoms with Crippen LogP contribution in [0.15, 0.2) is 23.1 Å². The highest BCUT2D eigenvalue weighted by molar-refractivity contribution is 7.89. The molecule has 1 aliphatic rings. The lowest BCUT2D eigenvalue weighted by atomic mass is 10.2. The highest BCUT2D eigenvalue weighted by atomic mass is 32.2. The second-order valence-electron chi connectivity index (χ2n) is 7.80. The number of methoxy groups -OCH3 is 1. The third-order valence-electron chi connectivity index (χ3n) is 4.40. The molecule has 1 aromatic rings. The van der Waals surface area contributed by atoms with Crippen molar-refractivity contribution < 1.29 is 27.6 Å². The minimum Gasteiger partial charge on any atom is -0.490 e. The van der Waals surface area contributed by atoms with Crippen LogP contribution in [0.5, 0.6) is 5.75 Å². The van der Waals surface area contributed by atoms with Gasteiger partial charge in [-0.15, -0.1) is 0 Å². The Kier molecular flexibility index (Phi) is 7.61. The summed E-state index contributed by atoms with van der Waals surface area (Å²) in [5, 5.41) is 11.1. The minimum absolute atomic E-state index is 0.0122. The predicted octanol–water partition coefficient (Wildman–Crippen LogP) is 1.43. The Morgan fingerprint density at radius 2 is 1.87 bits per heavy atom. The molecule has 12 heteroatoms. The molecule has 0 radical (unpaired) electrons. The van der Waals surface area contributed by atoms with Gasteiger partial charge in [0.25, 0.3) is 0 Å². The van der Waals surface area contributed by atoms with Gasteiger partial charge in [-0.3, -0.25) is 15.0 Å². The van der Waals surface area contributed by atoms with Gasteiger partial charge in [0.15, 0.2) is 5.75 Å². The van der Waals surface area contributed by atoms with Crippen molar-refractivity contribution in [3.8, 4) is 5.75 Å². The van der Waals surface area contributed by atoms with E-state index in [1.165, 1.54) is 19.2 Å². The molecule has 11 nitrogen and oxygen atoms in total. The number of carbonyl (C=O) groups is 1. The third kappa shape index (κ3) is 6.54. The van der Waals surface area contributed by atoms with Crippen molar-refractivity contribution in [3.05, 3.63) is 28.3 Å². The van der Waals surface area contributed by atoms with Crippen molar-refractivity contribution in [3.63, 3.8) is 0 Å². The number of hydrogen-bond donors (Lipinski definition) is 1. The van der Waals surface area contributed by atoms with Crippen LogP contribution in [0.25, 0.3) is 0 Å². The van der Waals surface area contributed by atoms with Crippen LogP contribution in [0.3, 0.4) is 0 Å². The number of piperazine rings is 1. The van der Waals surface area contributed by atoms with Gasteiger partial charge in [0.05, 0.1) is 16.9 Å². The molecule has 1 saturated heterocycles. The maximum atomic E-state index is 12.5. The predicted molar refractivity (Wildman–Crippen MR) is 109 cm³/mol. The van der Waals surface area contributed by atoms with E-state index in [1.54, 1.807) is 4.90 Å². The lowest BCUT2D eigenvalue weighted by Crippen LogP contribution is -2.51. The smallest absolute Gasteiger partial charge is 0.410 e. The van der Waals surface area contributed by atoms with Crippen molar-refractivity contribution in [2.75, 3.05) is 46.4 Å². The monoisotopic (exact) mass is 444 g/mol. The molecule has 30 heavy (non-hydrogen) atoms. The first kappa shape index (κ1) is 23.8. The first-order chi connectivity index (χ1) is 13.9. The molecule has 1 fully saturated rings. The summed E-state index contributed by atoms with van der Waals surface area (Å²) in [5.41, 5.74) is -0.970. The molecule has 1 amide bonds. The Hall–Kier alpha value is -2.44. The summed E-state index contributed by atoms with van der Waals surface area (Å²) >= 11 is 0. The molecule has 0 saturated carbocycles. The fourth-order valence-electron chi connectivity index (χ4n) is 2.88. The van der Waals surface area contributed by atoms with E-state index < -0.39 is 26.2 Å². The van der Waals surface area contributed by atoms with Crippen LogP contribution >= 0.6 is 0 Å². The maximum Gasteiger partial charge on any atom is 0.410 e. The number of nitro benzene ring substituents is 1. The summed E-state index contributed by atoms with van der Waals surface area (Å²) in [6.07, 6.45) is -0.357. The van der Waals surface area contributed by atoms with E-state index in [9.17, 15) is 23.3 Å². The number of sulfonamides is 1. The number of rotatable bonds is 7. The van der Waals surface area contributed by atoms with Crippen LogP contribution in [0.1, 0.15) is 20.8 Å². The molecule has 0 atom stereocenters. The molecule has 168 valence electrons. The Balaban J connectivity index is 1.86. The number of nitro groups is 1. The largest absolute Gasteiger partial charge is 0.490 e. The molecular formula is C18H28N4O7S. The van der Waals surface area contributed by atoms with Crippen LogP contribution < -0.4 is 9.46 Å². The summed E-state index contributed by atoms with van der Waals surface area (Å²) in [6, 6.07) is 3.48. The number of nitrogens with zero attached hydrogens (tertiary/aromatic N) is 3. The Bertz CT molecular complexity index is 875. The summed E-state index contributed by atoms with van der Waals surface area (Å²) in [6.45, 7) is 8.18. The molecule has 2 rings (SSSR count). The lowest BCUT2D eigenvalue weighted by molar-refractivity contribution is -0.386. The number of hydrogen-bond acceptors (Lipinski definition) is 8.